The second-order valence-corrected chi connectivity index (χ2v) is 6.32. The van der Waals surface area contributed by atoms with Gasteiger partial charge in [-0.25, -0.2) is 0 Å². The number of amides is 1. The highest BCUT2D eigenvalue weighted by Crippen LogP contribution is 2.31. The summed E-state index contributed by atoms with van der Waals surface area (Å²) in [6.07, 6.45) is 8.32. The average Bonchev–Trinajstić information content (AvgIpc) is 2.25. The van der Waals surface area contributed by atoms with Crippen LogP contribution in [0.2, 0.25) is 0 Å². The third-order valence-electron chi connectivity index (χ3n) is 4.67. The quantitative estimate of drug-likeness (QED) is 0.770. The predicted molar refractivity (Wildman–Crippen MR) is 71.2 cm³/mol. The van der Waals surface area contributed by atoms with Gasteiger partial charge in [0.25, 0.3) is 0 Å². The smallest absolute Gasteiger partial charge is 0.223 e. The molecule has 3 nitrogen and oxygen atoms in total. The third-order valence-corrected chi connectivity index (χ3v) is 4.67. The fourth-order valence-corrected chi connectivity index (χ4v) is 3.03. The minimum absolute atomic E-state index is 0.173. The Bertz CT molecular complexity index is 331. The molecule has 1 saturated carbocycles. The summed E-state index contributed by atoms with van der Waals surface area (Å²) < 4.78 is 0. The highest BCUT2D eigenvalue weighted by Gasteiger charge is 2.39. The van der Waals surface area contributed by atoms with Crippen molar-refractivity contribution in [1.29, 1.82) is 0 Å². The zero-order chi connectivity index (χ0) is 13.2. The van der Waals surface area contributed by atoms with Gasteiger partial charge in [-0.2, -0.15) is 0 Å². The van der Waals surface area contributed by atoms with Crippen LogP contribution in [0.4, 0.5) is 0 Å². The van der Waals surface area contributed by atoms with E-state index < -0.39 is 5.54 Å². The van der Waals surface area contributed by atoms with Crippen molar-refractivity contribution in [3.05, 3.63) is 0 Å². The Labute approximate surface area is 110 Å². The lowest BCUT2D eigenvalue weighted by molar-refractivity contribution is -0.148. The maximum Gasteiger partial charge on any atom is 0.223 e. The van der Waals surface area contributed by atoms with Crippen molar-refractivity contribution in [2.75, 3.05) is 6.54 Å². The van der Waals surface area contributed by atoms with Gasteiger partial charge in [0.05, 0.1) is 5.54 Å². The lowest BCUT2D eigenvalue weighted by atomic mass is 9.81. The first kappa shape index (κ1) is 13.6. The molecule has 2 rings (SSSR count). The minimum Gasteiger partial charge on any atom is -0.331 e. The molecule has 1 saturated heterocycles. The first-order valence-corrected chi connectivity index (χ1v) is 7.35. The maximum atomic E-state index is 12.2. The van der Waals surface area contributed by atoms with E-state index >= 15 is 0 Å². The number of Topliss-reactive ketones (excluding diaryl/α,β-unsaturated/α-hetero) is 1. The molecule has 2 fully saturated rings. The van der Waals surface area contributed by atoms with Crippen LogP contribution in [0.25, 0.3) is 0 Å². The highest BCUT2D eigenvalue weighted by atomic mass is 16.2. The Kier molecular flexibility index (Phi) is 4.08. The van der Waals surface area contributed by atoms with E-state index in [2.05, 4.69) is 0 Å². The molecule has 0 aromatic rings. The number of carbonyl (C=O) groups is 2. The second-order valence-electron chi connectivity index (χ2n) is 6.32. The molecule has 0 unspecified atom stereocenters. The monoisotopic (exact) mass is 251 g/mol. The number of hydrogen-bond donors (Lipinski definition) is 0. The minimum atomic E-state index is -0.578. The number of nitrogens with zero attached hydrogens (tertiary/aromatic N) is 1. The molecule has 0 aromatic carbocycles. The van der Waals surface area contributed by atoms with Gasteiger partial charge in [0.15, 0.2) is 5.78 Å². The van der Waals surface area contributed by atoms with E-state index in [9.17, 15) is 9.59 Å². The Morgan fingerprint density at radius 3 is 2.67 bits per heavy atom. The highest BCUT2D eigenvalue weighted by molar-refractivity contribution is 5.93. The number of likely N-dealkylation sites (tertiary alicyclic amines) is 1. The number of piperidine rings is 1. The fraction of sp³-hybridized carbons (Fsp3) is 0.867. The number of rotatable bonds is 4. The molecule has 0 N–H and O–H groups in total. The van der Waals surface area contributed by atoms with E-state index in [4.69, 9.17) is 0 Å². The van der Waals surface area contributed by atoms with Gasteiger partial charge in [0.2, 0.25) is 5.91 Å². The van der Waals surface area contributed by atoms with Gasteiger partial charge in [-0.05, 0) is 39.0 Å². The van der Waals surface area contributed by atoms with Gasteiger partial charge < -0.3 is 4.90 Å². The molecule has 1 aliphatic heterocycles. The van der Waals surface area contributed by atoms with Crippen molar-refractivity contribution in [2.45, 2.75) is 70.8 Å². The predicted octanol–water partition coefficient (Wildman–Crippen LogP) is 2.93. The van der Waals surface area contributed by atoms with Gasteiger partial charge in [-0.3, -0.25) is 9.59 Å². The van der Waals surface area contributed by atoms with E-state index in [0.717, 1.165) is 25.3 Å². The number of carbonyl (C=O) groups excluding carboxylic acids is 2. The van der Waals surface area contributed by atoms with Crippen LogP contribution in [-0.2, 0) is 9.59 Å². The molecule has 0 radical (unpaired) electrons. The molecule has 0 atom stereocenters. The van der Waals surface area contributed by atoms with Crippen molar-refractivity contribution >= 4 is 11.7 Å². The molecule has 0 spiro atoms. The summed E-state index contributed by atoms with van der Waals surface area (Å²) in [5.74, 6) is 1.25. The normalized spacial score (nSPS) is 23.9. The van der Waals surface area contributed by atoms with Crippen molar-refractivity contribution in [3.8, 4) is 0 Å². The van der Waals surface area contributed by atoms with E-state index in [1.807, 2.05) is 13.8 Å². The van der Waals surface area contributed by atoms with E-state index in [1.165, 1.54) is 25.7 Å². The fourth-order valence-electron chi connectivity index (χ4n) is 3.03. The summed E-state index contributed by atoms with van der Waals surface area (Å²) in [6, 6.07) is 0. The van der Waals surface area contributed by atoms with Crippen molar-refractivity contribution in [3.63, 3.8) is 0 Å². The van der Waals surface area contributed by atoms with Gasteiger partial charge in [0, 0.05) is 19.4 Å². The lowest BCUT2D eigenvalue weighted by Crippen LogP contribution is -2.56. The first-order chi connectivity index (χ1) is 8.51. The lowest BCUT2D eigenvalue weighted by Gasteiger charge is -2.41. The maximum absolute atomic E-state index is 12.2. The van der Waals surface area contributed by atoms with Crippen LogP contribution in [0.3, 0.4) is 0 Å². The molecule has 3 heteroatoms. The molecular weight excluding hydrogens is 226 g/mol. The van der Waals surface area contributed by atoms with Crippen molar-refractivity contribution in [2.24, 2.45) is 5.92 Å². The molecule has 1 heterocycles. The van der Waals surface area contributed by atoms with Crippen LogP contribution in [-0.4, -0.2) is 28.7 Å². The van der Waals surface area contributed by atoms with Gasteiger partial charge in [0.1, 0.15) is 0 Å². The molecular formula is C15H25NO2. The van der Waals surface area contributed by atoms with Crippen LogP contribution in [0.5, 0.6) is 0 Å². The van der Waals surface area contributed by atoms with Crippen LogP contribution in [0, 0.1) is 5.92 Å². The first-order valence-electron chi connectivity index (χ1n) is 7.35. The average molecular weight is 251 g/mol. The standard InChI is InChI=1S/C15H25NO2/c1-15(2)13(17)9-5-11-16(15)14(18)10-4-8-12-6-3-7-12/h12H,3-11H2,1-2H3. The number of hydrogen-bond acceptors (Lipinski definition) is 2. The zero-order valence-corrected chi connectivity index (χ0v) is 11.7. The third kappa shape index (κ3) is 2.76. The van der Waals surface area contributed by atoms with Crippen LogP contribution in [0.1, 0.15) is 65.2 Å². The molecule has 2 aliphatic rings. The largest absolute Gasteiger partial charge is 0.331 e. The van der Waals surface area contributed by atoms with Crippen LogP contribution in [0.15, 0.2) is 0 Å². The number of ketones is 1. The van der Waals surface area contributed by atoms with E-state index in [-0.39, 0.29) is 11.7 Å². The Balaban J connectivity index is 1.81. The summed E-state index contributed by atoms with van der Waals surface area (Å²) in [4.78, 5) is 25.9. The molecule has 0 bridgehead atoms. The Hall–Kier alpha value is -0.860. The van der Waals surface area contributed by atoms with Crippen molar-refractivity contribution in [1.82, 2.24) is 4.90 Å². The molecule has 1 amide bonds. The second kappa shape index (κ2) is 5.41. The summed E-state index contributed by atoms with van der Waals surface area (Å²) in [5, 5.41) is 0. The summed E-state index contributed by atoms with van der Waals surface area (Å²) in [5.41, 5.74) is -0.578. The summed E-state index contributed by atoms with van der Waals surface area (Å²) in [7, 11) is 0. The van der Waals surface area contributed by atoms with Gasteiger partial charge in [-0.1, -0.05) is 19.3 Å². The Morgan fingerprint density at radius 2 is 2.06 bits per heavy atom. The summed E-state index contributed by atoms with van der Waals surface area (Å²) >= 11 is 0. The van der Waals surface area contributed by atoms with Crippen LogP contribution < -0.4 is 0 Å². The topological polar surface area (TPSA) is 37.4 Å². The molecule has 102 valence electrons. The van der Waals surface area contributed by atoms with Crippen LogP contribution >= 0.6 is 0 Å². The SMILES string of the molecule is CC1(C)C(=O)CCCN1C(=O)CCCC1CCC1. The summed E-state index contributed by atoms with van der Waals surface area (Å²) in [6.45, 7) is 4.53. The van der Waals surface area contributed by atoms with E-state index in [0.29, 0.717) is 12.8 Å². The van der Waals surface area contributed by atoms with E-state index in [1.54, 1.807) is 4.90 Å². The molecule has 0 aromatic heterocycles. The molecule has 1 aliphatic carbocycles. The van der Waals surface area contributed by atoms with Gasteiger partial charge >= 0.3 is 0 Å². The Morgan fingerprint density at radius 1 is 1.33 bits per heavy atom. The van der Waals surface area contributed by atoms with Crippen molar-refractivity contribution < 1.29 is 9.59 Å². The zero-order valence-electron chi connectivity index (χ0n) is 11.7. The van der Waals surface area contributed by atoms with Gasteiger partial charge in [-0.15, -0.1) is 0 Å². The molecule has 18 heavy (non-hydrogen) atoms.